The van der Waals surface area contributed by atoms with E-state index < -0.39 is 5.38 Å². The Hall–Kier alpha value is -1.55. The molecule has 2 amide bonds. The fourth-order valence-corrected chi connectivity index (χ4v) is 1.71. The number of carbonyl (C=O) groups is 2. The van der Waals surface area contributed by atoms with Crippen molar-refractivity contribution >= 4 is 23.4 Å². The smallest absolute Gasteiger partial charge is 0.237 e. The molecule has 1 rings (SSSR count). The average Bonchev–Trinajstić information content (AvgIpc) is 2.42. The molecular weight excluding hydrogens is 276 g/mol. The van der Waals surface area contributed by atoms with Crippen LogP contribution in [0.25, 0.3) is 0 Å². The number of alkyl halides is 1. The third kappa shape index (κ3) is 6.57. The molecule has 0 heterocycles. The van der Waals surface area contributed by atoms with E-state index in [-0.39, 0.29) is 11.8 Å². The van der Waals surface area contributed by atoms with E-state index >= 15 is 0 Å². The number of halogens is 1. The highest BCUT2D eigenvalue weighted by molar-refractivity contribution is 6.30. The van der Waals surface area contributed by atoms with Gasteiger partial charge in [0, 0.05) is 19.5 Å². The van der Waals surface area contributed by atoms with Gasteiger partial charge in [0.2, 0.25) is 11.8 Å². The van der Waals surface area contributed by atoms with Gasteiger partial charge in [-0.1, -0.05) is 29.8 Å². The second-order valence-corrected chi connectivity index (χ2v) is 5.40. The van der Waals surface area contributed by atoms with E-state index in [2.05, 4.69) is 10.6 Å². The van der Waals surface area contributed by atoms with E-state index in [1.807, 2.05) is 31.2 Å². The Kier molecular flexibility index (Phi) is 7.09. The van der Waals surface area contributed by atoms with Crippen molar-refractivity contribution < 1.29 is 9.59 Å². The van der Waals surface area contributed by atoms with Crippen molar-refractivity contribution in [2.45, 2.75) is 32.1 Å². The lowest BCUT2D eigenvalue weighted by Gasteiger charge is -2.08. The van der Waals surface area contributed by atoms with E-state index in [1.165, 1.54) is 5.56 Å². The lowest BCUT2D eigenvalue weighted by atomic mass is 10.1. The van der Waals surface area contributed by atoms with Gasteiger partial charge in [0.25, 0.3) is 0 Å². The fourth-order valence-electron chi connectivity index (χ4n) is 1.63. The summed E-state index contributed by atoms with van der Waals surface area (Å²) in [5.41, 5.74) is 2.36. The van der Waals surface area contributed by atoms with Crippen molar-refractivity contribution in [3.8, 4) is 0 Å². The van der Waals surface area contributed by atoms with Gasteiger partial charge >= 0.3 is 0 Å². The summed E-state index contributed by atoms with van der Waals surface area (Å²) in [7, 11) is 0. The van der Waals surface area contributed by atoms with E-state index in [4.69, 9.17) is 11.6 Å². The van der Waals surface area contributed by atoms with Crippen LogP contribution in [-0.2, 0) is 16.0 Å². The maximum atomic E-state index is 11.6. The van der Waals surface area contributed by atoms with Gasteiger partial charge in [-0.25, -0.2) is 0 Å². The van der Waals surface area contributed by atoms with Crippen LogP contribution in [0.3, 0.4) is 0 Å². The van der Waals surface area contributed by atoms with Crippen LogP contribution in [0, 0.1) is 6.92 Å². The number of amides is 2. The minimum absolute atomic E-state index is 0.0151. The van der Waals surface area contributed by atoms with Crippen molar-refractivity contribution in [3.05, 3.63) is 35.4 Å². The number of rotatable bonds is 7. The summed E-state index contributed by atoms with van der Waals surface area (Å²) in [6.07, 6.45) is 1.17. The monoisotopic (exact) mass is 296 g/mol. The molecule has 0 saturated heterocycles. The Morgan fingerprint density at radius 1 is 1.15 bits per heavy atom. The maximum Gasteiger partial charge on any atom is 0.237 e. The van der Waals surface area contributed by atoms with E-state index in [9.17, 15) is 9.59 Å². The highest BCUT2D eigenvalue weighted by atomic mass is 35.5. The minimum Gasteiger partial charge on any atom is -0.354 e. The fraction of sp³-hybridized carbons (Fsp3) is 0.467. The molecule has 0 aliphatic carbocycles. The summed E-state index contributed by atoms with van der Waals surface area (Å²) in [5.74, 6) is -0.237. The standard InChI is InChI=1S/C15H21ClN2O2/c1-11-3-5-13(6-4-11)7-8-14(19)17-9-10-18-15(20)12(2)16/h3-6,12H,7-10H2,1-2H3,(H,17,19)(H,18,20). The molecule has 1 atom stereocenters. The lowest BCUT2D eigenvalue weighted by molar-refractivity contribution is -0.122. The van der Waals surface area contributed by atoms with E-state index in [0.717, 1.165) is 12.0 Å². The van der Waals surface area contributed by atoms with Crippen molar-refractivity contribution in [1.82, 2.24) is 10.6 Å². The Balaban J connectivity index is 2.14. The number of benzene rings is 1. The third-order valence-electron chi connectivity index (χ3n) is 2.87. The molecule has 0 bridgehead atoms. The quantitative estimate of drug-likeness (QED) is 0.595. The van der Waals surface area contributed by atoms with Crippen molar-refractivity contribution in [3.63, 3.8) is 0 Å². The minimum atomic E-state index is -0.549. The predicted molar refractivity (Wildman–Crippen MR) is 80.8 cm³/mol. The zero-order valence-electron chi connectivity index (χ0n) is 11.9. The van der Waals surface area contributed by atoms with E-state index in [1.54, 1.807) is 6.92 Å². The number of aryl methyl sites for hydroxylation is 2. The molecule has 0 aliphatic heterocycles. The second-order valence-electron chi connectivity index (χ2n) is 4.74. The summed E-state index contributed by atoms with van der Waals surface area (Å²) >= 11 is 5.60. The Morgan fingerprint density at radius 3 is 2.35 bits per heavy atom. The van der Waals surface area contributed by atoms with Gasteiger partial charge in [-0.2, -0.15) is 0 Å². The zero-order valence-corrected chi connectivity index (χ0v) is 12.7. The van der Waals surface area contributed by atoms with E-state index in [0.29, 0.717) is 19.5 Å². The molecule has 0 aliphatic rings. The summed E-state index contributed by atoms with van der Waals surface area (Å²) in [6, 6.07) is 8.14. The molecule has 0 saturated carbocycles. The van der Waals surface area contributed by atoms with Crippen LogP contribution >= 0.6 is 11.6 Å². The summed E-state index contributed by atoms with van der Waals surface area (Å²) < 4.78 is 0. The first-order valence-corrected chi connectivity index (χ1v) is 7.16. The van der Waals surface area contributed by atoms with Gasteiger partial charge in [-0.15, -0.1) is 11.6 Å². The largest absolute Gasteiger partial charge is 0.354 e. The third-order valence-corrected chi connectivity index (χ3v) is 3.07. The van der Waals surface area contributed by atoms with Crippen LogP contribution in [0.1, 0.15) is 24.5 Å². The topological polar surface area (TPSA) is 58.2 Å². The number of hydrogen-bond donors (Lipinski definition) is 2. The Bertz CT molecular complexity index is 444. The van der Waals surface area contributed by atoms with Gasteiger partial charge in [0.1, 0.15) is 5.38 Å². The molecule has 0 spiro atoms. The Labute approximate surface area is 124 Å². The first kappa shape index (κ1) is 16.5. The lowest BCUT2D eigenvalue weighted by Crippen LogP contribution is -2.37. The molecule has 5 heteroatoms. The van der Waals surface area contributed by atoms with Gasteiger partial charge in [0.15, 0.2) is 0 Å². The molecular formula is C15H21ClN2O2. The molecule has 110 valence electrons. The van der Waals surface area contributed by atoms with Gasteiger partial charge in [-0.3, -0.25) is 9.59 Å². The van der Waals surface area contributed by atoms with Crippen LogP contribution in [0.2, 0.25) is 0 Å². The first-order chi connectivity index (χ1) is 9.49. The van der Waals surface area contributed by atoms with Crippen molar-refractivity contribution in [2.24, 2.45) is 0 Å². The average molecular weight is 297 g/mol. The predicted octanol–water partition coefficient (Wildman–Crippen LogP) is 1.79. The molecule has 0 radical (unpaired) electrons. The molecule has 0 fully saturated rings. The van der Waals surface area contributed by atoms with Crippen LogP contribution in [0.15, 0.2) is 24.3 Å². The van der Waals surface area contributed by atoms with Crippen LogP contribution in [0.4, 0.5) is 0 Å². The summed E-state index contributed by atoms with van der Waals surface area (Å²) in [4.78, 5) is 22.8. The number of nitrogens with one attached hydrogen (secondary N) is 2. The first-order valence-electron chi connectivity index (χ1n) is 6.73. The second kappa shape index (κ2) is 8.59. The number of hydrogen-bond acceptors (Lipinski definition) is 2. The van der Waals surface area contributed by atoms with Gasteiger partial charge in [-0.05, 0) is 25.8 Å². The SMILES string of the molecule is Cc1ccc(CCC(=O)NCCNC(=O)C(C)Cl)cc1. The summed E-state index contributed by atoms with van der Waals surface area (Å²) in [5, 5.41) is 4.84. The van der Waals surface area contributed by atoms with Gasteiger partial charge in [0.05, 0.1) is 0 Å². The molecule has 2 N–H and O–H groups in total. The van der Waals surface area contributed by atoms with Crippen molar-refractivity contribution in [2.75, 3.05) is 13.1 Å². The molecule has 1 unspecified atom stereocenters. The molecule has 0 aromatic heterocycles. The number of carbonyl (C=O) groups excluding carboxylic acids is 2. The highest BCUT2D eigenvalue weighted by Gasteiger charge is 2.07. The molecule has 20 heavy (non-hydrogen) atoms. The maximum absolute atomic E-state index is 11.6. The van der Waals surface area contributed by atoms with Crippen LogP contribution in [-0.4, -0.2) is 30.3 Å². The van der Waals surface area contributed by atoms with Crippen molar-refractivity contribution in [1.29, 1.82) is 0 Å². The highest BCUT2D eigenvalue weighted by Crippen LogP contribution is 2.05. The zero-order chi connectivity index (χ0) is 15.0. The molecule has 1 aromatic rings. The van der Waals surface area contributed by atoms with Crippen LogP contribution < -0.4 is 10.6 Å². The summed E-state index contributed by atoms with van der Waals surface area (Å²) in [6.45, 7) is 4.46. The van der Waals surface area contributed by atoms with Gasteiger partial charge < -0.3 is 10.6 Å². The molecule has 1 aromatic carbocycles. The Morgan fingerprint density at radius 2 is 1.75 bits per heavy atom. The molecule has 4 nitrogen and oxygen atoms in total. The normalized spacial score (nSPS) is 11.8. The van der Waals surface area contributed by atoms with Crippen LogP contribution in [0.5, 0.6) is 0 Å².